The van der Waals surface area contributed by atoms with Crippen molar-refractivity contribution in [3.8, 4) is 6.07 Å². The van der Waals surface area contributed by atoms with Crippen molar-refractivity contribution in [2.75, 3.05) is 41.8 Å². The van der Waals surface area contributed by atoms with E-state index >= 15 is 0 Å². The molecule has 1 fully saturated rings. The minimum Gasteiger partial charge on any atom is -0.351 e. The lowest BCUT2D eigenvalue weighted by molar-refractivity contribution is 0.242. The van der Waals surface area contributed by atoms with E-state index in [4.69, 9.17) is 5.26 Å². The third-order valence-electron chi connectivity index (χ3n) is 5.63. The first-order valence-corrected chi connectivity index (χ1v) is 9.89. The number of aryl methyl sites for hydroxylation is 1. The lowest BCUT2D eigenvalue weighted by Crippen LogP contribution is -2.46. The number of likely N-dealkylation sites (tertiary alicyclic amines) is 1. The smallest absolute Gasteiger partial charge is 0.330 e. The van der Waals surface area contributed by atoms with E-state index in [-0.39, 0.29) is 12.1 Å². The molecule has 0 bridgehead atoms. The van der Waals surface area contributed by atoms with Gasteiger partial charge in [-0.05, 0) is 31.4 Å². The molecule has 0 spiro atoms. The number of benzene rings is 1. The molecule has 0 atom stereocenters. The number of carbonyl (C=O) groups is 1. The molecule has 0 radical (unpaired) electrons. The Balaban J connectivity index is 1.49. The van der Waals surface area contributed by atoms with E-state index in [9.17, 15) is 4.79 Å². The molecule has 2 aliphatic rings. The maximum absolute atomic E-state index is 13.0. The molecule has 2 aliphatic heterocycles. The van der Waals surface area contributed by atoms with Crippen LogP contribution in [-0.2, 0) is 6.54 Å². The van der Waals surface area contributed by atoms with Gasteiger partial charge in [-0.25, -0.2) is 9.78 Å². The summed E-state index contributed by atoms with van der Waals surface area (Å²) in [5.41, 5.74) is 2.88. The first-order chi connectivity index (χ1) is 14.1. The Morgan fingerprint density at radius 1 is 1.28 bits per heavy atom. The zero-order valence-corrected chi connectivity index (χ0v) is 16.8. The number of nitrogens with zero attached hydrogens (tertiary/aromatic N) is 6. The van der Waals surface area contributed by atoms with Gasteiger partial charge in [-0.15, -0.1) is 0 Å². The fraction of sp³-hybridized carbons (Fsp3) is 0.429. The number of hydrogen-bond donors (Lipinski definition) is 1. The number of urea groups is 1. The van der Waals surface area contributed by atoms with Crippen LogP contribution in [0.25, 0.3) is 0 Å². The molecule has 1 saturated heterocycles. The standard InChI is InChI=1S/C21H25N7O/c1-15-5-3-4-6-18(15)28-14-16-13-23-20(25-19(16)26(2)21(28)29)24-17-7-10-27(11-8-17)12-9-22/h3-6,13,17H,7-8,10-12,14H2,1-2H3,(H,23,24,25). The molecule has 1 N–H and O–H groups in total. The molecule has 2 aromatic rings. The zero-order chi connectivity index (χ0) is 20.4. The van der Waals surface area contributed by atoms with Crippen LogP contribution in [0.1, 0.15) is 24.0 Å². The molecule has 4 rings (SSSR count). The predicted molar refractivity (Wildman–Crippen MR) is 112 cm³/mol. The van der Waals surface area contributed by atoms with Crippen LogP contribution in [0.5, 0.6) is 0 Å². The molecule has 29 heavy (non-hydrogen) atoms. The third-order valence-corrected chi connectivity index (χ3v) is 5.63. The molecule has 0 unspecified atom stereocenters. The SMILES string of the molecule is Cc1ccccc1N1Cc2cnc(NC3CCN(CC#N)CC3)nc2N(C)C1=O. The molecular weight excluding hydrogens is 366 g/mol. The van der Waals surface area contributed by atoms with Crippen molar-refractivity contribution in [2.45, 2.75) is 32.4 Å². The molecule has 0 aliphatic carbocycles. The second-order valence-corrected chi connectivity index (χ2v) is 7.61. The first-order valence-electron chi connectivity index (χ1n) is 9.89. The Kier molecular flexibility index (Phi) is 5.32. The van der Waals surface area contributed by atoms with Crippen LogP contribution in [0.3, 0.4) is 0 Å². The summed E-state index contributed by atoms with van der Waals surface area (Å²) in [6.07, 6.45) is 3.69. The van der Waals surface area contributed by atoms with Crippen molar-refractivity contribution in [3.63, 3.8) is 0 Å². The van der Waals surface area contributed by atoms with Gasteiger partial charge in [0, 0.05) is 43.6 Å². The highest BCUT2D eigenvalue weighted by molar-refractivity contribution is 6.05. The molecule has 1 aromatic carbocycles. The molecule has 8 heteroatoms. The summed E-state index contributed by atoms with van der Waals surface area (Å²) in [5.74, 6) is 1.20. The van der Waals surface area contributed by atoms with Gasteiger partial charge in [-0.1, -0.05) is 18.2 Å². The van der Waals surface area contributed by atoms with Crippen LogP contribution in [0, 0.1) is 18.3 Å². The summed E-state index contributed by atoms with van der Waals surface area (Å²) in [6, 6.07) is 10.3. The van der Waals surface area contributed by atoms with Gasteiger partial charge in [-0.3, -0.25) is 14.7 Å². The fourth-order valence-corrected chi connectivity index (χ4v) is 3.95. The number of aromatic nitrogens is 2. The van der Waals surface area contributed by atoms with E-state index in [1.54, 1.807) is 16.8 Å². The molecule has 1 aromatic heterocycles. The van der Waals surface area contributed by atoms with Gasteiger partial charge >= 0.3 is 6.03 Å². The van der Waals surface area contributed by atoms with Gasteiger partial charge in [0.05, 0.1) is 19.2 Å². The molecule has 3 heterocycles. The van der Waals surface area contributed by atoms with Crippen molar-refractivity contribution < 1.29 is 4.79 Å². The Labute approximate surface area is 170 Å². The topological polar surface area (TPSA) is 88.4 Å². The first kappa shape index (κ1) is 19.2. The number of hydrogen-bond acceptors (Lipinski definition) is 6. The molecule has 150 valence electrons. The second kappa shape index (κ2) is 8.05. The summed E-state index contributed by atoms with van der Waals surface area (Å²) in [7, 11) is 1.75. The minimum absolute atomic E-state index is 0.0961. The third kappa shape index (κ3) is 3.87. The van der Waals surface area contributed by atoms with E-state index in [2.05, 4.69) is 26.3 Å². The lowest BCUT2D eigenvalue weighted by Gasteiger charge is -2.35. The summed E-state index contributed by atoms with van der Waals surface area (Å²) < 4.78 is 0. The van der Waals surface area contributed by atoms with E-state index < -0.39 is 0 Å². The van der Waals surface area contributed by atoms with Gasteiger partial charge in [-0.2, -0.15) is 10.2 Å². The zero-order valence-electron chi connectivity index (χ0n) is 16.8. The van der Waals surface area contributed by atoms with Crippen molar-refractivity contribution >= 4 is 23.5 Å². The molecular formula is C21H25N7O. The van der Waals surface area contributed by atoms with Crippen LogP contribution in [0.15, 0.2) is 30.5 Å². The van der Waals surface area contributed by atoms with Crippen LogP contribution in [0.4, 0.5) is 22.2 Å². The number of carbonyl (C=O) groups excluding carboxylic acids is 1. The monoisotopic (exact) mass is 391 g/mol. The predicted octanol–water partition coefficient (Wildman–Crippen LogP) is 2.76. The van der Waals surface area contributed by atoms with E-state index in [1.165, 1.54) is 0 Å². The average molecular weight is 391 g/mol. The highest BCUT2D eigenvalue weighted by Crippen LogP contribution is 2.31. The van der Waals surface area contributed by atoms with Gasteiger partial charge in [0.25, 0.3) is 0 Å². The van der Waals surface area contributed by atoms with E-state index in [0.717, 1.165) is 42.7 Å². The summed E-state index contributed by atoms with van der Waals surface area (Å²) in [4.78, 5) is 27.6. The number of piperidine rings is 1. The average Bonchev–Trinajstić information content (AvgIpc) is 2.73. The number of fused-ring (bicyclic) bond motifs is 1. The number of nitriles is 1. The van der Waals surface area contributed by atoms with Crippen molar-refractivity contribution in [2.24, 2.45) is 0 Å². The molecule has 8 nitrogen and oxygen atoms in total. The van der Waals surface area contributed by atoms with Crippen LogP contribution < -0.4 is 15.1 Å². The Hall–Kier alpha value is -3.18. The lowest BCUT2D eigenvalue weighted by atomic mass is 10.1. The highest BCUT2D eigenvalue weighted by Gasteiger charge is 2.31. The van der Waals surface area contributed by atoms with Gasteiger partial charge in [0.15, 0.2) is 0 Å². The quantitative estimate of drug-likeness (QED) is 0.807. The highest BCUT2D eigenvalue weighted by atomic mass is 16.2. The second-order valence-electron chi connectivity index (χ2n) is 7.61. The fourth-order valence-electron chi connectivity index (χ4n) is 3.95. The summed E-state index contributed by atoms with van der Waals surface area (Å²) in [5, 5.41) is 12.2. The Morgan fingerprint density at radius 2 is 2.03 bits per heavy atom. The van der Waals surface area contributed by atoms with E-state index in [1.807, 2.05) is 37.4 Å². The van der Waals surface area contributed by atoms with Gasteiger partial charge in [0.2, 0.25) is 5.95 Å². The summed E-state index contributed by atoms with van der Waals surface area (Å²) in [6.45, 7) is 4.71. The Bertz CT molecular complexity index is 946. The Morgan fingerprint density at radius 3 is 2.76 bits per heavy atom. The van der Waals surface area contributed by atoms with Crippen LogP contribution in [0.2, 0.25) is 0 Å². The van der Waals surface area contributed by atoms with E-state index in [0.29, 0.717) is 24.9 Å². The van der Waals surface area contributed by atoms with Crippen LogP contribution in [-0.4, -0.2) is 53.6 Å². The molecule has 2 amide bonds. The molecule has 0 saturated carbocycles. The van der Waals surface area contributed by atoms with Gasteiger partial charge in [0.1, 0.15) is 5.82 Å². The van der Waals surface area contributed by atoms with Crippen molar-refractivity contribution in [1.29, 1.82) is 5.26 Å². The van der Waals surface area contributed by atoms with Crippen molar-refractivity contribution in [1.82, 2.24) is 14.9 Å². The maximum Gasteiger partial charge on any atom is 0.330 e. The number of rotatable bonds is 4. The number of nitrogens with one attached hydrogen (secondary N) is 1. The number of anilines is 3. The van der Waals surface area contributed by atoms with Crippen LogP contribution >= 0.6 is 0 Å². The summed E-state index contributed by atoms with van der Waals surface area (Å²) >= 11 is 0. The normalized spacial score (nSPS) is 17.8. The minimum atomic E-state index is -0.0961. The maximum atomic E-state index is 13.0. The largest absolute Gasteiger partial charge is 0.351 e. The van der Waals surface area contributed by atoms with Gasteiger partial charge < -0.3 is 5.32 Å². The van der Waals surface area contributed by atoms with Crippen molar-refractivity contribution in [3.05, 3.63) is 41.6 Å². The number of amides is 2. The number of para-hydroxylation sites is 1.